The van der Waals surface area contributed by atoms with Crippen molar-refractivity contribution in [2.24, 2.45) is 5.92 Å². The minimum Gasteiger partial charge on any atom is -0.332 e. The van der Waals surface area contributed by atoms with Crippen LogP contribution < -0.4 is 5.56 Å². The topological polar surface area (TPSA) is 55.2 Å². The Kier molecular flexibility index (Phi) is 9.69. The Balaban J connectivity index is 1.86. The first-order chi connectivity index (χ1) is 19.0. The third-order valence-electron chi connectivity index (χ3n) is 7.77. The molecule has 0 bridgehead atoms. The zero-order valence-electron chi connectivity index (χ0n) is 23.8. The van der Waals surface area contributed by atoms with E-state index >= 15 is 0 Å². The van der Waals surface area contributed by atoms with Crippen molar-refractivity contribution in [1.29, 1.82) is 0 Å². The van der Waals surface area contributed by atoms with Gasteiger partial charge in [-0.2, -0.15) is 0 Å². The van der Waals surface area contributed by atoms with E-state index in [4.69, 9.17) is 4.98 Å². The van der Waals surface area contributed by atoms with Gasteiger partial charge in [-0.3, -0.25) is 14.2 Å². The van der Waals surface area contributed by atoms with E-state index in [1.807, 2.05) is 72.5 Å². The highest BCUT2D eigenvalue weighted by molar-refractivity contribution is 5.80. The quantitative estimate of drug-likeness (QED) is 0.196. The summed E-state index contributed by atoms with van der Waals surface area (Å²) in [5.74, 6) is 0.699. The molecule has 5 nitrogen and oxygen atoms in total. The Morgan fingerprint density at radius 2 is 1.62 bits per heavy atom. The molecule has 0 fully saturated rings. The van der Waals surface area contributed by atoms with Crippen LogP contribution in [-0.4, -0.2) is 26.9 Å². The second-order valence-corrected chi connectivity index (χ2v) is 10.3. The number of para-hydroxylation sites is 2. The van der Waals surface area contributed by atoms with Gasteiger partial charge in [0.15, 0.2) is 0 Å². The Hall–Kier alpha value is -3.73. The van der Waals surface area contributed by atoms with Crippen molar-refractivity contribution in [1.82, 2.24) is 14.5 Å². The minimum absolute atomic E-state index is 0.0493. The number of fused-ring (bicyclic) bond motifs is 1. The van der Waals surface area contributed by atoms with E-state index in [2.05, 4.69) is 39.0 Å². The maximum absolute atomic E-state index is 14.1. The molecular weight excluding hydrogens is 482 g/mol. The Labute approximate surface area is 232 Å². The summed E-state index contributed by atoms with van der Waals surface area (Å²) < 4.78 is 1.75. The summed E-state index contributed by atoms with van der Waals surface area (Å²) in [7, 11) is 0. The number of rotatable bonds is 12. The number of amides is 1. The molecule has 1 heterocycles. The van der Waals surface area contributed by atoms with Gasteiger partial charge in [-0.25, -0.2) is 4.98 Å². The molecule has 0 aliphatic rings. The first kappa shape index (κ1) is 28.3. The molecule has 5 heteroatoms. The summed E-state index contributed by atoms with van der Waals surface area (Å²) in [5, 5.41) is 0.580. The molecule has 1 amide bonds. The first-order valence-electron chi connectivity index (χ1n) is 14.4. The van der Waals surface area contributed by atoms with Crippen molar-refractivity contribution in [2.75, 3.05) is 6.54 Å². The number of nitrogens with zero attached hydrogens (tertiary/aromatic N) is 3. The fourth-order valence-electron chi connectivity index (χ4n) is 5.41. The predicted octanol–water partition coefficient (Wildman–Crippen LogP) is 7.30. The fourth-order valence-corrected chi connectivity index (χ4v) is 5.41. The largest absolute Gasteiger partial charge is 0.332 e. The number of aryl methyl sites for hydroxylation is 1. The van der Waals surface area contributed by atoms with Crippen LogP contribution in [0.5, 0.6) is 0 Å². The lowest BCUT2D eigenvalue weighted by atomic mass is 9.96. The van der Waals surface area contributed by atoms with E-state index in [1.165, 1.54) is 5.56 Å². The van der Waals surface area contributed by atoms with Crippen molar-refractivity contribution < 1.29 is 4.79 Å². The molecule has 0 aliphatic carbocycles. The van der Waals surface area contributed by atoms with E-state index in [9.17, 15) is 9.59 Å². The molecule has 0 saturated heterocycles. The molecule has 3 aromatic carbocycles. The van der Waals surface area contributed by atoms with Gasteiger partial charge in [0.2, 0.25) is 5.91 Å². The van der Waals surface area contributed by atoms with Gasteiger partial charge in [0.25, 0.3) is 5.56 Å². The average Bonchev–Trinajstić information content (AvgIpc) is 2.98. The van der Waals surface area contributed by atoms with Gasteiger partial charge >= 0.3 is 0 Å². The summed E-state index contributed by atoms with van der Waals surface area (Å²) in [6, 6.07) is 25.4. The molecule has 0 radical (unpaired) electrons. The highest BCUT2D eigenvalue weighted by Gasteiger charge is 2.30. The van der Waals surface area contributed by atoms with Crippen LogP contribution in [0.15, 0.2) is 83.7 Å². The second kappa shape index (κ2) is 13.4. The number of carbonyl (C=O) groups excluding carboxylic acids is 1. The molecule has 0 saturated carbocycles. The Bertz CT molecular complexity index is 1440. The third kappa shape index (κ3) is 6.30. The van der Waals surface area contributed by atoms with Gasteiger partial charge in [-0.05, 0) is 61.9 Å². The lowest BCUT2D eigenvalue weighted by molar-refractivity contribution is -0.138. The van der Waals surface area contributed by atoms with Gasteiger partial charge in [0.1, 0.15) is 5.82 Å². The van der Waals surface area contributed by atoms with E-state index in [0.29, 0.717) is 23.3 Å². The number of hydrogen-bond donors (Lipinski definition) is 0. The van der Waals surface area contributed by atoms with Crippen LogP contribution in [-0.2, 0) is 17.6 Å². The van der Waals surface area contributed by atoms with Gasteiger partial charge in [-0.15, -0.1) is 0 Å². The van der Waals surface area contributed by atoms with Crippen LogP contribution in [0, 0.1) is 5.92 Å². The molecule has 0 N–H and O–H groups in total. The summed E-state index contributed by atoms with van der Waals surface area (Å²) in [6.45, 7) is 8.94. The first-order valence-corrected chi connectivity index (χ1v) is 14.4. The Morgan fingerprint density at radius 3 is 2.33 bits per heavy atom. The van der Waals surface area contributed by atoms with Crippen molar-refractivity contribution in [3.63, 3.8) is 0 Å². The van der Waals surface area contributed by atoms with Gasteiger partial charge in [0.05, 0.1) is 22.6 Å². The molecule has 1 aromatic heterocycles. The van der Waals surface area contributed by atoms with Crippen molar-refractivity contribution in [3.05, 3.63) is 106 Å². The standard InChI is InChI=1S/C34H41N3O2/c1-5-8-18-28(7-3)33(38)36(24-23-26-16-10-9-11-17-26)25(4)32-35-30-21-14-13-20-29(30)34(39)37(32)31-22-15-12-19-27(31)6-2/h9-17,19-22,25,28H,5-8,18,23-24H2,1-4H3. The maximum Gasteiger partial charge on any atom is 0.266 e. The highest BCUT2D eigenvalue weighted by Crippen LogP contribution is 2.28. The number of hydrogen-bond acceptors (Lipinski definition) is 3. The highest BCUT2D eigenvalue weighted by atomic mass is 16.2. The van der Waals surface area contributed by atoms with E-state index in [0.717, 1.165) is 49.8 Å². The number of carbonyl (C=O) groups is 1. The predicted molar refractivity (Wildman–Crippen MR) is 160 cm³/mol. The van der Waals surface area contributed by atoms with Gasteiger partial charge < -0.3 is 4.90 Å². The van der Waals surface area contributed by atoms with Crippen LogP contribution in [0.4, 0.5) is 0 Å². The molecule has 0 spiro atoms. The van der Waals surface area contributed by atoms with Crippen molar-refractivity contribution >= 4 is 16.8 Å². The maximum atomic E-state index is 14.1. The molecule has 39 heavy (non-hydrogen) atoms. The summed E-state index contributed by atoms with van der Waals surface area (Å²) in [5.41, 5.74) is 3.64. The summed E-state index contributed by atoms with van der Waals surface area (Å²) in [4.78, 5) is 35.2. The molecule has 2 atom stereocenters. The monoisotopic (exact) mass is 523 g/mol. The van der Waals surface area contributed by atoms with E-state index in [-0.39, 0.29) is 23.4 Å². The smallest absolute Gasteiger partial charge is 0.266 e. The van der Waals surface area contributed by atoms with E-state index < -0.39 is 0 Å². The van der Waals surface area contributed by atoms with Crippen molar-refractivity contribution in [3.8, 4) is 5.69 Å². The van der Waals surface area contributed by atoms with Crippen LogP contribution in [0.2, 0.25) is 0 Å². The number of benzene rings is 3. The zero-order chi connectivity index (χ0) is 27.8. The normalized spacial score (nSPS) is 12.8. The average molecular weight is 524 g/mol. The lowest BCUT2D eigenvalue weighted by Crippen LogP contribution is -2.41. The van der Waals surface area contributed by atoms with Gasteiger partial charge in [0, 0.05) is 12.5 Å². The van der Waals surface area contributed by atoms with Crippen LogP contribution >= 0.6 is 0 Å². The van der Waals surface area contributed by atoms with Crippen LogP contribution in [0.3, 0.4) is 0 Å². The number of unbranched alkanes of at least 4 members (excludes halogenated alkanes) is 1. The van der Waals surface area contributed by atoms with Gasteiger partial charge in [-0.1, -0.05) is 94.3 Å². The SMILES string of the molecule is CCCCC(CC)C(=O)N(CCc1ccccc1)C(C)c1nc2ccccc2c(=O)n1-c1ccccc1CC. The molecule has 4 rings (SSSR count). The van der Waals surface area contributed by atoms with Crippen LogP contribution in [0.25, 0.3) is 16.6 Å². The van der Waals surface area contributed by atoms with E-state index in [1.54, 1.807) is 4.57 Å². The molecule has 4 aromatic rings. The fraction of sp³-hybridized carbons (Fsp3) is 0.382. The summed E-state index contributed by atoms with van der Waals surface area (Å²) >= 11 is 0. The zero-order valence-corrected chi connectivity index (χ0v) is 23.8. The van der Waals surface area contributed by atoms with Crippen molar-refractivity contribution in [2.45, 2.75) is 72.3 Å². The molecule has 0 aliphatic heterocycles. The molecular formula is C34H41N3O2. The summed E-state index contributed by atoms with van der Waals surface area (Å²) in [6.07, 6.45) is 5.28. The number of aromatic nitrogens is 2. The Morgan fingerprint density at radius 1 is 0.923 bits per heavy atom. The molecule has 204 valence electrons. The third-order valence-corrected chi connectivity index (χ3v) is 7.77. The minimum atomic E-state index is -0.390. The second-order valence-electron chi connectivity index (χ2n) is 10.3. The lowest BCUT2D eigenvalue weighted by Gasteiger charge is -2.33. The molecule has 2 unspecified atom stereocenters. The van der Waals surface area contributed by atoms with Crippen LogP contribution in [0.1, 0.15) is 76.4 Å².